The number of hydrogen-bond acceptors (Lipinski definition) is 4. The molecule has 134 valence electrons. The maximum atomic E-state index is 5.94. The maximum Gasteiger partial charge on any atom is 0.191 e. The van der Waals surface area contributed by atoms with Crippen molar-refractivity contribution in [2.75, 3.05) is 46.4 Å². The third-order valence-corrected chi connectivity index (χ3v) is 4.13. The zero-order valence-electron chi connectivity index (χ0n) is 15.0. The summed E-state index contributed by atoms with van der Waals surface area (Å²) in [6, 6.07) is 7.76. The molecular weight excluding hydrogens is 304 g/mol. The van der Waals surface area contributed by atoms with Crippen molar-refractivity contribution < 1.29 is 9.47 Å². The van der Waals surface area contributed by atoms with Crippen molar-refractivity contribution in [3.05, 3.63) is 24.3 Å². The quantitative estimate of drug-likeness (QED) is 0.431. The van der Waals surface area contributed by atoms with Gasteiger partial charge in [-0.3, -0.25) is 4.99 Å². The summed E-state index contributed by atoms with van der Waals surface area (Å²) in [4.78, 5) is 6.68. The van der Waals surface area contributed by atoms with Gasteiger partial charge in [-0.15, -0.1) is 0 Å². The summed E-state index contributed by atoms with van der Waals surface area (Å²) < 4.78 is 11.7. The van der Waals surface area contributed by atoms with Crippen LogP contribution in [0.25, 0.3) is 0 Å². The molecule has 1 atom stereocenters. The molecule has 1 aliphatic heterocycles. The molecule has 0 aromatic heterocycles. The summed E-state index contributed by atoms with van der Waals surface area (Å²) in [7, 11) is 1.78. The molecule has 0 bridgehead atoms. The van der Waals surface area contributed by atoms with Crippen LogP contribution in [-0.2, 0) is 0 Å². The second kappa shape index (κ2) is 10.0. The minimum absolute atomic E-state index is 0.0193. The molecule has 6 heteroatoms. The number of ether oxygens (including phenoxy) is 2. The van der Waals surface area contributed by atoms with Crippen LogP contribution >= 0.6 is 0 Å². The maximum absolute atomic E-state index is 5.94. The molecule has 0 spiro atoms. The van der Waals surface area contributed by atoms with Crippen LogP contribution in [0.2, 0.25) is 0 Å². The molecule has 2 rings (SSSR count). The Morgan fingerprint density at radius 1 is 1.21 bits per heavy atom. The Bertz CT molecular complexity index is 517. The Labute approximate surface area is 145 Å². The average Bonchev–Trinajstić information content (AvgIpc) is 2.64. The number of fused-ring (bicyclic) bond motifs is 1. The van der Waals surface area contributed by atoms with Crippen LogP contribution in [0, 0.1) is 0 Å². The molecule has 24 heavy (non-hydrogen) atoms. The highest BCUT2D eigenvalue weighted by molar-refractivity contribution is 5.79. The molecule has 0 aliphatic carbocycles. The lowest BCUT2D eigenvalue weighted by Crippen LogP contribution is -2.45. The van der Waals surface area contributed by atoms with Crippen LogP contribution in [0.1, 0.15) is 20.3 Å². The zero-order valence-corrected chi connectivity index (χ0v) is 15.0. The first kappa shape index (κ1) is 18.4. The van der Waals surface area contributed by atoms with E-state index in [1.54, 1.807) is 7.05 Å². The van der Waals surface area contributed by atoms with E-state index < -0.39 is 0 Å². The fourth-order valence-electron chi connectivity index (χ4n) is 2.64. The van der Waals surface area contributed by atoms with Crippen molar-refractivity contribution in [3.63, 3.8) is 0 Å². The topological polar surface area (TPSA) is 58.1 Å². The molecule has 1 unspecified atom stereocenters. The minimum Gasteiger partial charge on any atom is -0.486 e. The summed E-state index contributed by atoms with van der Waals surface area (Å²) >= 11 is 0. The molecule has 0 radical (unpaired) electrons. The van der Waals surface area contributed by atoms with E-state index in [2.05, 4.69) is 34.4 Å². The van der Waals surface area contributed by atoms with E-state index >= 15 is 0 Å². The normalized spacial score (nSPS) is 17.0. The number of para-hydroxylation sites is 2. The van der Waals surface area contributed by atoms with E-state index in [0.717, 1.165) is 50.1 Å². The second-order valence-electron chi connectivity index (χ2n) is 5.76. The average molecular weight is 334 g/mol. The van der Waals surface area contributed by atoms with Gasteiger partial charge in [-0.1, -0.05) is 26.0 Å². The number of nitrogens with zero attached hydrogens (tertiary/aromatic N) is 2. The van der Waals surface area contributed by atoms with Gasteiger partial charge < -0.3 is 25.0 Å². The smallest absolute Gasteiger partial charge is 0.191 e. The number of rotatable bonds is 8. The van der Waals surface area contributed by atoms with Gasteiger partial charge >= 0.3 is 0 Å². The standard InChI is InChI=1S/C18H30N4O2/c1-4-22(5-2)12-8-11-20-18(19-3)21-13-15-14-23-16-9-6-7-10-17(16)24-15/h6-7,9-10,15H,4-5,8,11-14H2,1-3H3,(H2,19,20,21). The summed E-state index contributed by atoms with van der Waals surface area (Å²) in [5.41, 5.74) is 0. The van der Waals surface area contributed by atoms with Gasteiger partial charge in [-0.25, -0.2) is 0 Å². The molecule has 6 nitrogen and oxygen atoms in total. The fraction of sp³-hybridized carbons (Fsp3) is 0.611. The monoisotopic (exact) mass is 334 g/mol. The van der Waals surface area contributed by atoms with E-state index in [0.29, 0.717) is 13.2 Å². The van der Waals surface area contributed by atoms with Gasteiger partial charge in [0.2, 0.25) is 0 Å². The highest BCUT2D eigenvalue weighted by Gasteiger charge is 2.20. The lowest BCUT2D eigenvalue weighted by Gasteiger charge is -2.27. The Hall–Kier alpha value is -1.95. The van der Waals surface area contributed by atoms with Gasteiger partial charge in [0.25, 0.3) is 0 Å². The Morgan fingerprint density at radius 2 is 1.96 bits per heavy atom. The van der Waals surface area contributed by atoms with Crippen molar-refractivity contribution >= 4 is 5.96 Å². The third-order valence-electron chi connectivity index (χ3n) is 4.13. The molecule has 0 amide bonds. The molecule has 1 heterocycles. The lowest BCUT2D eigenvalue weighted by atomic mass is 10.2. The first-order chi connectivity index (χ1) is 11.8. The molecule has 0 saturated carbocycles. The van der Waals surface area contributed by atoms with Gasteiger partial charge in [-0.05, 0) is 38.2 Å². The molecule has 2 N–H and O–H groups in total. The van der Waals surface area contributed by atoms with Crippen molar-refractivity contribution in [2.45, 2.75) is 26.4 Å². The predicted molar refractivity (Wildman–Crippen MR) is 98.1 cm³/mol. The van der Waals surface area contributed by atoms with E-state index in [9.17, 15) is 0 Å². The SMILES string of the molecule is CCN(CC)CCCNC(=NC)NCC1COc2ccccc2O1. The number of benzene rings is 1. The van der Waals surface area contributed by atoms with Gasteiger partial charge in [-0.2, -0.15) is 0 Å². The van der Waals surface area contributed by atoms with Crippen molar-refractivity contribution in [1.82, 2.24) is 15.5 Å². The van der Waals surface area contributed by atoms with Crippen molar-refractivity contribution in [1.29, 1.82) is 0 Å². The van der Waals surface area contributed by atoms with E-state index in [1.807, 2.05) is 24.3 Å². The number of aliphatic imine (C=N–C) groups is 1. The summed E-state index contributed by atoms with van der Waals surface area (Å²) in [6.07, 6.45) is 1.08. The molecule has 1 aromatic carbocycles. The largest absolute Gasteiger partial charge is 0.486 e. The first-order valence-electron chi connectivity index (χ1n) is 8.82. The minimum atomic E-state index is -0.0193. The van der Waals surface area contributed by atoms with Crippen LogP contribution in [0.15, 0.2) is 29.3 Å². The van der Waals surface area contributed by atoms with Crippen LogP contribution in [0.5, 0.6) is 11.5 Å². The van der Waals surface area contributed by atoms with Gasteiger partial charge in [0.15, 0.2) is 17.5 Å². The molecular formula is C18H30N4O2. The Kier molecular flexibility index (Phi) is 7.68. The molecule has 1 aromatic rings. The zero-order chi connectivity index (χ0) is 17.2. The van der Waals surface area contributed by atoms with Gasteiger partial charge in [0.1, 0.15) is 12.7 Å². The summed E-state index contributed by atoms with van der Waals surface area (Å²) in [5, 5.41) is 6.65. The van der Waals surface area contributed by atoms with Crippen molar-refractivity contribution in [2.24, 2.45) is 4.99 Å². The van der Waals surface area contributed by atoms with Crippen LogP contribution in [-0.4, -0.2) is 63.3 Å². The van der Waals surface area contributed by atoms with Crippen LogP contribution < -0.4 is 20.1 Å². The second-order valence-corrected chi connectivity index (χ2v) is 5.76. The first-order valence-corrected chi connectivity index (χ1v) is 8.82. The Morgan fingerprint density at radius 3 is 2.67 bits per heavy atom. The summed E-state index contributed by atoms with van der Waals surface area (Å²) in [5.74, 6) is 2.42. The highest BCUT2D eigenvalue weighted by Crippen LogP contribution is 2.30. The van der Waals surface area contributed by atoms with E-state index in [4.69, 9.17) is 9.47 Å². The highest BCUT2D eigenvalue weighted by atomic mass is 16.6. The van der Waals surface area contributed by atoms with Crippen LogP contribution in [0.4, 0.5) is 0 Å². The summed E-state index contributed by atoms with van der Waals surface area (Å²) in [6.45, 7) is 9.80. The third kappa shape index (κ3) is 5.60. The Balaban J connectivity index is 1.67. The molecule has 1 aliphatic rings. The lowest BCUT2D eigenvalue weighted by molar-refractivity contribution is 0.0936. The van der Waals surface area contributed by atoms with E-state index in [-0.39, 0.29) is 6.10 Å². The number of nitrogens with one attached hydrogen (secondary N) is 2. The van der Waals surface area contributed by atoms with E-state index in [1.165, 1.54) is 0 Å². The number of guanidine groups is 1. The molecule has 0 fully saturated rings. The van der Waals surface area contributed by atoms with Crippen molar-refractivity contribution in [3.8, 4) is 11.5 Å². The fourth-order valence-corrected chi connectivity index (χ4v) is 2.64. The predicted octanol–water partition coefficient (Wildman–Crippen LogP) is 1.72. The van der Waals surface area contributed by atoms with Crippen LogP contribution in [0.3, 0.4) is 0 Å². The molecule has 0 saturated heterocycles. The number of hydrogen-bond donors (Lipinski definition) is 2. The van der Waals surface area contributed by atoms with Gasteiger partial charge in [0.05, 0.1) is 6.54 Å². The van der Waals surface area contributed by atoms with Gasteiger partial charge in [0, 0.05) is 13.6 Å².